The van der Waals surface area contributed by atoms with Crippen molar-refractivity contribution in [2.45, 2.75) is 39.2 Å². The van der Waals surface area contributed by atoms with Crippen LogP contribution in [-0.2, 0) is 12.8 Å². The molecule has 1 aromatic rings. The highest BCUT2D eigenvalue weighted by atomic mass is 16.5. The van der Waals surface area contributed by atoms with Crippen molar-refractivity contribution in [3.8, 4) is 0 Å². The van der Waals surface area contributed by atoms with Crippen LogP contribution in [0.15, 0.2) is 4.52 Å². The zero-order chi connectivity index (χ0) is 9.42. The van der Waals surface area contributed by atoms with Crippen molar-refractivity contribution in [2.24, 2.45) is 11.7 Å². The van der Waals surface area contributed by atoms with E-state index in [9.17, 15) is 0 Å². The van der Waals surface area contributed by atoms with Crippen molar-refractivity contribution in [1.29, 1.82) is 0 Å². The van der Waals surface area contributed by atoms with Crippen molar-refractivity contribution in [2.75, 3.05) is 0 Å². The van der Waals surface area contributed by atoms with Crippen molar-refractivity contribution in [1.82, 2.24) is 5.16 Å². The van der Waals surface area contributed by atoms with Gasteiger partial charge in [0.05, 0.1) is 11.7 Å². The van der Waals surface area contributed by atoms with E-state index in [-0.39, 0.29) is 6.04 Å². The Kier molecular flexibility index (Phi) is 2.12. The van der Waals surface area contributed by atoms with Crippen LogP contribution in [0.1, 0.15) is 43.3 Å². The van der Waals surface area contributed by atoms with Crippen molar-refractivity contribution < 1.29 is 4.52 Å². The minimum atomic E-state index is -0.0263. The average molecular weight is 180 g/mol. The second-order valence-electron chi connectivity index (χ2n) is 4.11. The monoisotopic (exact) mass is 180 g/mol. The van der Waals surface area contributed by atoms with Crippen molar-refractivity contribution >= 4 is 0 Å². The number of fused-ring (bicyclic) bond motifs is 1. The van der Waals surface area contributed by atoms with Gasteiger partial charge in [0.1, 0.15) is 0 Å². The molecule has 0 fully saturated rings. The predicted octanol–water partition coefficient (Wildman–Crippen LogP) is 1.82. The summed E-state index contributed by atoms with van der Waals surface area (Å²) in [7, 11) is 0. The lowest BCUT2D eigenvalue weighted by Gasteiger charge is -2.17. The molecule has 2 rings (SSSR count). The highest BCUT2D eigenvalue weighted by Gasteiger charge is 2.24. The quantitative estimate of drug-likeness (QED) is 0.717. The van der Waals surface area contributed by atoms with Crippen LogP contribution in [-0.4, -0.2) is 5.16 Å². The Morgan fingerprint density at radius 2 is 2.38 bits per heavy atom. The van der Waals surface area contributed by atoms with E-state index in [0.717, 1.165) is 30.2 Å². The van der Waals surface area contributed by atoms with Gasteiger partial charge in [0.15, 0.2) is 5.76 Å². The maximum atomic E-state index is 5.79. The van der Waals surface area contributed by atoms with E-state index >= 15 is 0 Å². The van der Waals surface area contributed by atoms with Gasteiger partial charge in [0.25, 0.3) is 0 Å². The molecule has 0 aliphatic heterocycles. The van der Waals surface area contributed by atoms with E-state index in [2.05, 4.69) is 12.1 Å². The first kappa shape index (κ1) is 8.75. The van der Waals surface area contributed by atoms with Crippen molar-refractivity contribution in [3.05, 3.63) is 17.0 Å². The number of rotatable bonds is 1. The molecule has 3 nitrogen and oxygen atoms in total. The lowest BCUT2D eigenvalue weighted by atomic mass is 9.87. The summed E-state index contributed by atoms with van der Waals surface area (Å²) in [4.78, 5) is 0. The van der Waals surface area contributed by atoms with Gasteiger partial charge in [0.2, 0.25) is 0 Å². The number of hydrogen-bond donors (Lipinski definition) is 1. The van der Waals surface area contributed by atoms with E-state index in [0.29, 0.717) is 0 Å². The molecule has 1 aliphatic carbocycles. The minimum Gasteiger partial charge on any atom is -0.359 e. The second kappa shape index (κ2) is 3.14. The summed E-state index contributed by atoms with van der Waals surface area (Å²) in [6.07, 6.45) is 3.35. The van der Waals surface area contributed by atoms with Crippen LogP contribution in [0.4, 0.5) is 0 Å². The van der Waals surface area contributed by atoms with Gasteiger partial charge in [-0.25, -0.2) is 0 Å². The zero-order valence-corrected chi connectivity index (χ0v) is 8.21. The van der Waals surface area contributed by atoms with Crippen LogP contribution in [0, 0.1) is 5.92 Å². The summed E-state index contributed by atoms with van der Waals surface area (Å²) in [5, 5.41) is 4.06. The number of hydrogen-bond acceptors (Lipinski definition) is 3. The van der Waals surface area contributed by atoms with Crippen LogP contribution in [0.2, 0.25) is 0 Å². The SMILES string of the molecule is CC1CCc2noc(C(C)N)c2C1. The Morgan fingerprint density at radius 1 is 1.62 bits per heavy atom. The lowest BCUT2D eigenvalue weighted by Crippen LogP contribution is -2.14. The fourth-order valence-electron chi connectivity index (χ4n) is 1.96. The van der Waals surface area contributed by atoms with Crippen LogP contribution in [0.3, 0.4) is 0 Å². The number of nitrogens with two attached hydrogens (primary N) is 1. The molecule has 0 amide bonds. The third kappa shape index (κ3) is 1.48. The fourth-order valence-corrected chi connectivity index (χ4v) is 1.96. The molecule has 1 aromatic heterocycles. The molecule has 13 heavy (non-hydrogen) atoms. The minimum absolute atomic E-state index is 0.0263. The average Bonchev–Trinajstić information content (AvgIpc) is 2.46. The lowest BCUT2D eigenvalue weighted by molar-refractivity contribution is 0.362. The van der Waals surface area contributed by atoms with Gasteiger partial charge < -0.3 is 10.3 Å². The summed E-state index contributed by atoms with van der Waals surface area (Å²) in [6, 6.07) is -0.0263. The molecular weight excluding hydrogens is 164 g/mol. The molecule has 2 atom stereocenters. The van der Waals surface area contributed by atoms with E-state index in [1.807, 2.05) is 6.92 Å². The molecule has 3 heteroatoms. The predicted molar refractivity (Wildman–Crippen MR) is 50.3 cm³/mol. The molecular formula is C10H16N2O. The Morgan fingerprint density at radius 3 is 3.08 bits per heavy atom. The van der Waals surface area contributed by atoms with Crippen LogP contribution in [0.5, 0.6) is 0 Å². The molecule has 1 aliphatic rings. The maximum absolute atomic E-state index is 5.79. The first-order valence-corrected chi connectivity index (χ1v) is 4.91. The number of aryl methyl sites for hydroxylation is 1. The molecule has 0 aromatic carbocycles. The third-order valence-electron chi connectivity index (χ3n) is 2.74. The number of nitrogens with zero attached hydrogens (tertiary/aromatic N) is 1. The highest BCUT2D eigenvalue weighted by molar-refractivity contribution is 5.27. The molecule has 2 N–H and O–H groups in total. The van der Waals surface area contributed by atoms with Crippen LogP contribution < -0.4 is 5.73 Å². The van der Waals surface area contributed by atoms with Gasteiger partial charge in [-0.2, -0.15) is 0 Å². The van der Waals surface area contributed by atoms with E-state index in [1.54, 1.807) is 0 Å². The molecule has 72 valence electrons. The van der Waals surface area contributed by atoms with Crippen LogP contribution >= 0.6 is 0 Å². The molecule has 1 heterocycles. The van der Waals surface area contributed by atoms with E-state index in [1.165, 1.54) is 12.0 Å². The van der Waals surface area contributed by atoms with Crippen molar-refractivity contribution in [3.63, 3.8) is 0 Å². The topological polar surface area (TPSA) is 52.0 Å². The largest absolute Gasteiger partial charge is 0.359 e. The summed E-state index contributed by atoms with van der Waals surface area (Å²) in [5.74, 6) is 1.63. The molecule has 0 saturated carbocycles. The van der Waals surface area contributed by atoms with Gasteiger partial charge in [-0.1, -0.05) is 12.1 Å². The van der Waals surface area contributed by atoms with Crippen LogP contribution in [0.25, 0.3) is 0 Å². The smallest absolute Gasteiger partial charge is 0.156 e. The summed E-state index contributed by atoms with van der Waals surface area (Å²) in [6.45, 7) is 4.21. The summed E-state index contributed by atoms with van der Waals surface area (Å²) < 4.78 is 5.25. The molecule has 0 spiro atoms. The Labute approximate surface area is 78.3 Å². The third-order valence-corrected chi connectivity index (χ3v) is 2.74. The van der Waals surface area contributed by atoms with Gasteiger partial charge in [0, 0.05) is 5.56 Å². The number of aromatic nitrogens is 1. The Bertz CT molecular complexity index is 304. The van der Waals surface area contributed by atoms with Gasteiger partial charge in [-0.3, -0.25) is 0 Å². The molecule has 0 saturated heterocycles. The van der Waals surface area contributed by atoms with E-state index < -0.39 is 0 Å². The van der Waals surface area contributed by atoms with E-state index in [4.69, 9.17) is 10.3 Å². The fraction of sp³-hybridized carbons (Fsp3) is 0.700. The Hall–Kier alpha value is -0.830. The second-order valence-corrected chi connectivity index (χ2v) is 4.11. The first-order chi connectivity index (χ1) is 6.18. The maximum Gasteiger partial charge on any atom is 0.156 e. The highest BCUT2D eigenvalue weighted by Crippen LogP contribution is 2.29. The van der Waals surface area contributed by atoms with Gasteiger partial charge in [-0.15, -0.1) is 0 Å². The van der Waals surface area contributed by atoms with Gasteiger partial charge in [-0.05, 0) is 32.1 Å². The normalized spacial score (nSPS) is 24.1. The standard InChI is InChI=1S/C10H16N2O/c1-6-3-4-9-8(5-6)10(7(2)11)13-12-9/h6-7H,3-5,11H2,1-2H3. The summed E-state index contributed by atoms with van der Waals surface area (Å²) in [5.41, 5.74) is 8.20. The molecule has 0 bridgehead atoms. The Balaban J connectivity index is 2.35. The first-order valence-electron chi connectivity index (χ1n) is 4.91. The summed E-state index contributed by atoms with van der Waals surface area (Å²) >= 11 is 0. The molecule has 2 unspecified atom stereocenters. The zero-order valence-electron chi connectivity index (χ0n) is 8.21. The van der Waals surface area contributed by atoms with Gasteiger partial charge >= 0.3 is 0 Å². The molecule has 0 radical (unpaired) electrons.